The second-order valence-electron chi connectivity index (χ2n) is 5.82. The first kappa shape index (κ1) is 14.8. The molecule has 1 amide bonds. The van der Waals surface area contributed by atoms with Gasteiger partial charge in [-0.3, -0.25) is 9.69 Å². The standard InChI is InChI=1S/C14H27N3O2/c1-11(2)16-5-7-17(8-6-16)14(18)12-4-9-19-13(12)10-15-3/h11-13,15H,4-10H2,1-3H3. The SMILES string of the molecule is CNCC1OCCC1C(=O)N1CCN(C(C)C)CC1. The maximum atomic E-state index is 12.6. The Morgan fingerprint density at radius 3 is 2.58 bits per heavy atom. The van der Waals surface area contributed by atoms with Gasteiger partial charge in [0.25, 0.3) is 0 Å². The van der Waals surface area contributed by atoms with Gasteiger partial charge in [0.15, 0.2) is 0 Å². The lowest BCUT2D eigenvalue weighted by atomic mass is 9.99. The molecular formula is C14H27N3O2. The summed E-state index contributed by atoms with van der Waals surface area (Å²) in [5.41, 5.74) is 0. The maximum Gasteiger partial charge on any atom is 0.228 e. The zero-order chi connectivity index (χ0) is 13.8. The summed E-state index contributed by atoms with van der Waals surface area (Å²) in [6.45, 7) is 9.62. The molecule has 5 heteroatoms. The van der Waals surface area contributed by atoms with Crippen LogP contribution in [0.4, 0.5) is 0 Å². The van der Waals surface area contributed by atoms with Crippen molar-refractivity contribution >= 4 is 5.91 Å². The van der Waals surface area contributed by atoms with Gasteiger partial charge in [0.1, 0.15) is 0 Å². The van der Waals surface area contributed by atoms with Crippen LogP contribution in [0.2, 0.25) is 0 Å². The molecule has 0 aromatic rings. The van der Waals surface area contributed by atoms with Crippen molar-refractivity contribution in [1.82, 2.24) is 15.1 Å². The highest BCUT2D eigenvalue weighted by atomic mass is 16.5. The van der Waals surface area contributed by atoms with Gasteiger partial charge < -0.3 is 15.0 Å². The van der Waals surface area contributed by atoms with E-state index in [1.165, 1.54) is 0 Å². The highest BCUT2D eigenvalue weighted by Gasteiger charge is 2.37. The molecular weight excluding hydrogens is 242 g/mol. The average Bonchev–Trinajstić information content (AvgIpc) is 2.87. The first-order valence-electron chi connectivity index (χ1n) is 7.42. The predicted octanol–water partition coefficient (Wildman–Crippen LogP) is 0.164. The minimum absolute atomic E-state index is 0.0537. The summed E-state index contributed by atoms with van der Waals surface area (Å²) in [5, 5.41) is 3.12. The lowest BCUT2D eigenvalue weighted by molar-refractivity contribution is -0.139. The average molecular weight is 269 g/mol. The van der Waals surface area contributed by atoms with Crippen molar-refractivity contribution in [3.8, 4) is 0 Å². The Morgan fingerprint density at radius 1 is 1.32 bits per heavy atom. The van der Waals surface area contributed by atoms with Crippen LogP contribution in [0.25, 0.3) is 0 Å². The van der Waals surface area contributed by atoms with E-state index < -0.39 is 0 Å². The number of piperazine rings is 1. The van der Waals surface area contributed by atoms with Crippen LogP contribution in [0.3, 0.4) is 0 Å². The molecule has 0 radical (unpaired) electrons. The number of nitrogens with one attached hydrogen (secondary N) is 1. The van der Waals surface area contributed by atoms with Gasteiger partial charge in [0.05, 0.1) is 12.0 Å². The van der Waals surface area contributed by atoms with Gasteiger partial charge in [-0.2, -0.15) is 0 Å². The van der Waals surface area contributed by atoms with Crippen LogP contribution in [-0.2, 0) is 9.53 Å². The summed E-state index contributed by atoms with van der Waals surface area (Å²) in [6, 6.07) is 0.573. The summed E-state index contributed by atoms with van der Waals surface area (Å²) in [5.74, 6) is 0.346. The number of rotatable bonds is 4. The minimum Gasteiger partial charge on any atom is -0.376 e. The smallest absolute Gasteiger partial charge is 0.228 e. The molecule has 2 rings (SSSR count). The fraction of sp³-hybridized carbons (Fsp3) is 0.929. The highest BCUT2D eigenvalue weighted by molar-refractivity contribution is 5.80. The van der Waals surface area contributed by atoms with Crippen LogP contribution in [0.5, 0.6) is 0 Å². The van der Waals surface area contributed by atoms with Crippen LogP contribution < -0.4 is 5.32 Å². The van der Waals surface area contributed by atoms with E-state index >= 15 is 0 Å². The molecule has 1 N–H and O–H groups in total. The Morgan fingerprint density at radius 2 is 2.00 bits per heavy atom. The molecule has 2 aliphatic rings. The molecule has 2 unspecified atom stereocenters. The molecule has 2 aliphatic heterocycles. The molecule has 5 nitrogen and oxygen atoms in total. The van der Waals surface area contributed by atoms with Crippen molar-refractivity contribution in [2.75, 3.05) is 46.4 Å². The van der Waals surface area contributed by atoms with Gasteiger partial charge in [-0.25, -0.2) is 0 Å². The number of likely N-dealkylation sites (N-methyl/N-ethyl adjacent to an activating group) is 1. The van der Waals surface area contributed by atoms with Crippen molar-refractivity contribution in [3.63, 3.8) is 0 Å². The Hall–Kier alpha value is -0.650. The van der Waals surface area contributed by atoms with Crippen molar-refractivity contribution in [1.29, 1.82) is 0 Å². The number of carbonyl (C=O) groups excluding carboxylic acids is 1. The molecule has 0 saturated carbocycles. The molecule has 2 atom stereocenters. The molecule has 2 saturated heterocycles. The lowest BCUT2D eigenvalue weighted by Gasteiger charge is -2.38. The fourth-order valence-corrected chi connectivity index (χ4v) is 3.03. The number of carbonyl (C=O) groups is 1. The molecule has 0 aliphatic carbocycles. The van der Waals surface area contributed by atoms with E-state index in [0.29, 0.717) is 18.6 Å². The van der Waals surface area contributed by atoms with E-state index in [1.54, 1.807) is 0 Å². The number of hydrogen-bond donors (Lipinski definition) is 1. The second-order valence-corrected chi connectivity index (χ2v) is 5.82. The second kappa shape index (κ2) is 6.68. The van der Waals surface area contributed by atoms with E-state index in [0.717, 1.165) is 39.1 Å². The fourth-order valence-electron chi connectivity index (χ4n) is 3.03. The van der Waals surface area contributed by atoms with Gasteiger partial charge in [-0.1, -0.05) is 0 Å². The number of nitrogens with zero attached hydrogens (tertiary/aromatic N) is 2. The first-order chi connectivity index (χ1) is 9.13. The summed E-state index contributed by atoms with van der Waals surface area (Å²) in [6.07, 6.45) is 0.927. The molecule has 0 spiro atoms. The summed E-state index contributed by atoms with van der Waals surface area (Å²) in [4.78, 5) is 17.0. The number of amides is 1. The Labute approximate surface area is 116 Å². The predicted molar refractivity (Wildman–Crippen MR) is 75.1 cm³/mol. The summed E-state index contributed by atoms with van der Waals surface area (Å²) < 4.78 is 5.66. The van der Waals surface area contributed by atoms with Crippen LogP contribution in [-0.4, -0.2) is 74.2 Å². The van der Waals surface area contributed by atoms with Crippen LogP contribution in [0, 0.1) is 5.92 Å². The molecule has 19 heavy (non-hydrogen) atoms. The largest absolute Gasteiger partial charge is 0.376 e. The van der Waals surface area contributed by atoms with Gasteiger partial charge in [0, 0.05) is 45.4 Å². The van der Waals surface area contributed by atoms with Crippen LogP contribution in [0.15, 0.2) is 0 Å². The monoisotopic (exact) mass is 269 g/mol. The van der Waals surface area contributed by atoms with E-state index in [9.17, 15) is 4.79 Å². The Balaban J connectivity index is 1.87. The van der Waals surface area contributed by atoms with Crippen molar-refractivity contribution in [2.24, 2.45) is 5.92 Å². The van der Waals surface area contributed by atoms with Gasteiger partial charge >= 0.3 is 0 Å². The maximum absolute atomic E-state index is 12.6. The molecule has 2 heterocycles. The summed E-state index contributed by atoms with van der Waals surface area (Å²) >= 11 is 0. The zero-order valence-electron chi connectivity index (χ0n) is 12.4. The third-order valence-corrected chi connectivity index (χ3v) is 4.29. The number of ether oxygens (including phenoxy) is 1. The van der Waals surface area contributed by atoms with E-state index in [-0.39, 0.29) is 12.0 Å². The Bertz CT molecular complexity index is 301. The van der Waals surface area contributed by atoms with Gasteiger partial charge in [-0.15, -0.1) is 0 Å². The third-order valence-electron chi connectivity index (χ3n) is 4.29. The normalized spacial score (nSPS) is 29.2. The van der Waals surface area contributed by atoms with Gasteiger partial charge in [-0.05, 0) is 27.3 Å². The topological polar surface area (TPSA) is 44.8 Å². The summed E-state index contributed by atoms with van der Waals surface area (Å²) in [7, 11) is 1.91. The minimum atomic E-state index is 0.0537. The van der Waals surface area contributed by atoms with Gasteiger partial charge in [0.2, 0.25) is 5.91 Å². The van der Waals surface area contributed by atoms with Crippen molar-refractivity contribution in [2.45, 2.75) is 32.4 Å². The van der Waals surface area contributed by atoms with Crippen molar-refractivity contribution in [3.05, 3.63) is 0 Å². The third kappa shape index (κ3) is 3.46. The first-order valence-corrected chi connectivity index (χ1v) is 7.42. The van der Waals surface area contributed by atoms with Crippen molar-refractivity contribution < 1.29 is 9.53 Å². The van der Waals surface area contributed by atoms with Crippen LogP contribution >= 0.6 is 0 Å². The molecule has 110 valence electrons. The van der Waals surface area contributed by atoms with E-state index in [2.05, 4.69) is 24.1 Å². The molecule has 0 aromatic carbocycles. The zero-order valence-corrected chi connectivity index (χ0v) is 12.4. The quantitative estimate of drug-likeness (QED) is 0.790. The Kier molecular flexibility index (Phi) is 5.19. The molecule has 0 bridgehead atoms. The number of hydrogen-bond acceptors (Lipinski definition) is 4. The lowest BCUT2D eigenvalue weighted by Crippen LogP contribution is -2.53. The highest BCUT2D eigenvalue weighted by Crippen LogP contribution is 2.23. The molecule has 0 aromatic heterocycles. The van der Waals surface area contributed by atoms with E-state index in [1.807, 2.05) is 11.9 Å². The van der Waals surface area contributed by atoms with E-state index in [4.69, 9.17) is 4.74 Å². The van der Waals surface area contributed by atoms with Crippen LogP contribution in [0.1, 0.15) is 20.3 Å². The molecule has 2 fully saturated rings.